The fraction of sp³-hybridized carbons (Fsp3) is 0.524. The van der Waals surface area contributed by atoms with Crippen molar-refractivity contribution >= 4 is 49.7 Å². The Morgan fingerprint density at radius 1 is 1.02 bits per heavy atom. The van der Waals surface area contributed by atoms with Crippen LogP contribution in [0.1, 0.15) is 18.9 Å². The number of imidazole rings is 2. The topological polar surface area (TPSA) is 327 Å². The predicted molar refractivity (Wildman–Crippen MR) is 151 cm³/mol. The maximum absolute atomic E-state index is 13.1. The molecule has 1 unspecified atom stereocenters. The van der Waals surface area contributed by atoms with Gasteiger partial charge in [-0.3, -0.25) is 32.5 Å². The average Bonchev–Trinajstić information content (AvgIpc) is 3.75. The molecule has 23 nitrogen and oxygen atoms in total. The standard InChI is InChI=1S/C21H28N10O13P2/c1-23-15-11-16(25-5-24-15)30(6-26-11)19-9(32)2-8(42-19)3-41-46(38,39)44-14-13(33)10(4-40-45(35,36)37)43-20(14)31-7-27-12-17(31)28-21(22)29-18(12)34/h5-10,13-14,19-20,32-33H,2-4H2,1H3,(H,38,39)(H,23,24,25)(H2,35,36,37)(H3,22,28,29,34)/t8-,9+,10+,13+,14+,19+,20+/m0/s1. The second kappa shape index (κ2) is 12.3. The van der Waals surface area contributed by atoms with Gasteiger partial charge in [0.25, 0.3) is 5.56 Å². The second-order valence-corrected chi connectivity index (χ2v) is 12.8. The molecule has 8 atom stereocenters. The maximum atomic E-state index is 13.1. The van der Waals surface area contributed by atoms with E-state index in [-0.39, 0.29) is 23.5 Å². The zero-order valence-electron chi connectivity index (χ0n) is 23.5. The fourth-order valence-electron chi connectivity index (χ4n) is 5.16. The molecule has 25 heteroatoms. The van der Waals surface area contributed by atoms with Gasteiger partial charge in [0.05, 0.1) is 32.0 Å². The summed E-state index contributed by atoms with van der Waals surface area (Å²) in [6, 6.07) is 0. The quantitative estimate of drug-likeness (QED) is 0.0797. The van der Waals surface area contributed by atoms with Crippen LogP contribution in [0.4, 0.5) is 11.8 Å². The minimum Gasteiger partial charge on any atom is -0.388 e. The van der Waals surface area contributed by atoms with E-state index in [1.165, 1.54) is 17.2 Å². The van der Waals surface area contributed by atoms with Crippen LogP contribution in [0.15, 0.2) is 23.8 Å². The first-order valence-corrected chi connectivity index (χ1v) is 16.4. The summed E-state index contributed by atoms with van der Waals surface area (Å²) in [6.45, 7) is -1.41. The van der Waals surface area contributed by atoms with Crippen LogP contribution in [0, 0.1) is 0 Å². The lowest BCUT2D eigenvalue weighted by Crippen LogP contribution is -2.35. The Morgan fingerprint density at radius 2 is 1.74 bits per heavy atom. The molecule has 0 amide bonds. The van der Waals surface area contributed by atoms with Crippen molar-refractivity contribution in [2.45, 2.75) is 49.4 Å². The van der Waals surface area contributed by atoms with Gasteiger partial charge in [-0.2, -0.15) is 4.98 Å². The van der Waals surface area contributed by atoms with Crippen molar-refractivity contribution in [2.24, 2.45) is 0 Å². The van der Waals surface area contributed by atoms with E-state index in [0.29, 0.717) is 17.0 Å². The van der Waals surface area contributed by atoms with Crippen molar-refractivity contribution in [1.82, 2.24) is 39.0 Å². The van der Waals surface area contributed by atoms with Crippen LogP contribution in [-0.4, -0.2) is 115 Å². The van der Waals surface area contributed by atoms with Gasteiger partial charge in [-0.05, 0) is 0 Å². The average molecular weight is 690 g/mol. The molecule has 0 bridgehead atoms. The highest BCUT2D eigenvalue weighted by Crippen LogP contribution is 2.50. The Hall–Kier alpha value is -3.44. The number of H-pyrrole nitrogens is 1. The summed E-state index contributed by atoms with van der Waals surface area (Å²) in [7, 11) is -8.42. The third-order valence-corrected chi connectivity index (χ3v) is 8.63. The molecule has 0 spiro atoms. The lowest BCUT2D eigenvalue weighted by Gasteiger charge is -2.24. The van der Waals surface area contributed by atoms with E-state index in [9.17, 15) is 29.0 Å². The number of rotatable bonds is 11. The SMILES string of the molecule is CNc1ncnc2c1ncn2[C@@H]1O[C@H](COP(=O)(O)O[C@@H]2[C@H](O)[C@@H](COP(=O)(O)O)O[C@H]2n2cnc3c(=O)[nH]c(N)nc32)C[C@H]1O. The lowest BCUT2D eigenvalue weighted by molar-refractivity contribution is -0.0587. The van der Waals surface area contributed by atoms with Gasteiger partial charge in [0.2, 0.25) is 5.95 Å². The third kappa shape index (κ3) is 6.40. The number of ether oxygens (including phenoxy) is 2. The normalized spacial score (nSPS) is 28.3. The van der Waals surface area contributed by atoms with Crippen LogP contribution < -0.4 is 16.6 Å². The number of aliphatic hydroxyl groups is 2. The van der Waals surface area contributed by atoms with Crippen molar-refractivity contribution in [3.05, 3.63) is 29.3 Å². The van der Waals surface area contributed by atoms with Gasteiger partial charge in [0.15, 0.2) is 35.1 Å². The van der Waals surface area contributed by atoms with Gasteiger partial charge in [-0.15, -0.1) is 0 Å². The smallest absolute Gasteiger partial charge is 0.388 e. The van der Waals surface area contributed by atoms with Crippen LogP contribution in [0.3, 0.4) is 0 Å². The largest absolute Gasteiger partial charge is 0.472 e. The van der Waals surface area contributed by atoms with Crippen LogP contribution in [0.5, 0.6) is 0 Å². The molecule has 4 aromatic heterocycles. The molecule has 2 aliphatic heterocycles. The number of aromatic nitrogens is 8. The van der Waals surface area contributed by atoms with E-state index >= 15 is 0 Å². The summed E-state index contributed by atoms with van der Waals surface area (Å²) in [6.07, 6.45) is -5.85. The molecule has 0 aromatic carbocycles. The Balaban J connectivity index is 1.18. The summed E-state index contributed by atoms with van der Waals surface area (Å²) in [5.74, 6) is 0.152. The van der Waals surface area contributed by atoms with Gasteiger partial charge in [0, 0.05) is 13.5 Å². The van der Waals surface area contributed by atoms with E-state index in [1.807, 2.05) is 0 Å². The Labute approximate surface area is 256 Å². The first kappa shape index (κ1) is 32.5. The number of phosphoric ester groups is 2. The first-order valence-electron chi connectivity index (χ1n) is 13.3. The second-order valence-electron chi connectivity index (χ2n) is 10.2. The highest BCUT2D eigenvalue weighted by atomic mass is 31.2. The maximum Gasteiger partial charge on any atom is 0.472 e. The number of hydrogen-bond donors (Lipinski definition) is 8. The Bertz CT molecular complexity index is 1900. The number of nitrogens with one attached hydrogen (secondary N) is 2. The molecule has 9 N–H and O–H groups in total. The van der Waals surface area contributed by atoms with Crippen molar-refractivity contribution in [3.63, 3.8) is 0 Å². The van der Waals surface area contributed by atoms with Crippen molar-refractivity contribution in [1.29, 1.82) is 0 Å². The van der Waals surface area contributed by atoms with Crippen molar-refractivity contribution in [3.8, 4) is 0 Å². The molecule has 0 saturated carbocycles. The van der Waals surface area contributed by atoms with Gasteiger partial charge < -0.3 is 45.4 Å². The van der Waals surface area contributed by atoms with Crippen LogP contribution in [0.25, 0.3) is 22.3 Å². The highest BCUT2D eigenvalue weighted by molar-refractivity contribution is 7.47. The number of nitrogens with zero attached hydrogens (tertiary/aromatic N) is 7. The van der Waals surface area contributed by atoms with Gasteiger partial charge >= 0.3 is 15.6 Å². The molecule has 250 valence electrons. The van der Waals surface area contributed by atoms with Crippen LogP contribution in [0.2, 0.25) is 0 Å². The zero-order valence-corrected chi connectivity index (χ0v) is 25.3. The van der Waals surface area contributed by atoms with Crippen molar-refractivity contribution < 1.29 is 57.1 Å². The van der Waals surface area contributed by atoms with Crippen molar-refractivity contribution in [2.75, 3.05) is 31.3 Å². The molecular weight excluding hydrogens is 662 g/mol. The van der Waals surface area contributed by atoms with E-state index in [0.717, 1.165) is 10.9 Å². The number of anilines is 2. The number of nitrogen functional groups attached to an aromatic ring is 1. The molecule has 46 heavy (non-hydrogen) atoms. The number of aromatic amines is 1. The summed E-state index contributed by atoms with van der Waals surface area (Å²) in [5, 5.41) is 24.5. The molecule has 4 aromatic rings. The van der Waals surface area contributed by atoms with Gasteiger partial charge in [-0.25, -0.2) is 29.1 Å². The summed E-state index contributed by atoms with van der Waals surface area (Å²) < 4.78 is 53.4. The molecule has 6 heterocycles. The number of aliphatic hydroxyl groups excluding tert-OH is 2. The summed E-state index contributed by atoms with van der Waals surface area (Å²) >= 11 is 0. The van der Waals surface area contributed by atoms with Gasteiger partial charge in [0.1, 0.15) is 36.3 Å². The first-order chi connectivity index (χ1) is 21.7. The summed E-state index contributed by atoms with van der Waals surface area (Å²) in [5.41, 5.74) is 5.37. The summed E-state index contributed by atoms with van der Waals surface area (Å²) in [4.78, 5) is 63.8. The highest BCUT2D eigenvalue weighted by Gasteiger charge is 2.50. The fourth-order valence-corrected chi connectivity index (χ4v) is 6.46. The molecule has 2 saturated heterocycles. The Kier molecular flexibility index (Phi) is 8.69. The van der Waals surface area contributed by atoms with E-state index in [2.05, 4.69) is 39.7 Å². The van der Waals surface area contributed by atoms with E-state index < -0.39 is 77.4 Å². The van der Waals surface area contributed by atoms with Crippen LogP contribution >= 0.6 is 15.6 Å². The molecular formula is C21H28N10O13P2. The monoisotopic (exact) mass is 690 g/mol. The molecule has 2 fully saturated rings. The number of phosphoric acid groups is 2. The predicted octanol–water partition coefficient (Wildman–Crippen LogP) is -1.90. The van der Waals surface area contributed by atoms with Gasteiger partial charge in [-0.1, -0.05) is 0 Å². The van der Waals surface area contributed by atoms with E-state index in [4.69, 9.17) is 34.0 Å². The van der Waals surface area contributed by atoms with Crippen LogP contribution in [-0.2, 0) is 32.2 Å². The van der Waals surface area contributed by atoms with E-state index in [1.54, 1.807) is 7.05 Å². The molecule has 0 aliphatic carbocycles. The Morgan fingerprint density at radius 3 is 2.46 bits per heavy atom. The lowest BCUT2D eigenvalue weighted by atomic mass is 10.1. The minimum absolute atomic E-state index is 0.0173. The number of nitrogens with two attached hydrogens (primary N) is 1. The minimum atomic E-state index is -5.07. The molecule has 6 rings (SSSR count). The molecule has 0 radical (unpaired) electrons. The zero-order chi connectivity index (χ0) is 33.0. The molecule has 2 aliphatic rings. The third-order valence-electron chi connectivity index (χ3n) is 7.16. The number of hydrogen-bond acceptors (Lipinski definition) is 17. The number of fused-ring (bicyclic) bond motifs is 2.